The Bertz CT molecular complexity index is 969. The highest BCUT2D eigenvalue weighted by molar-refractivity contribution is 8.18. The molecule has 3 amide bonds. The van der Waals surface area contributed by atoms with E-state index >= 15 is 0 Å². The zero-order valence-electron chi connectivity index (χ0n) is 16.1. The second-order valence-corrected chi connectivity index (χ2v) is 8.39. The number of carbonyl (C=O) groups excluding carboxylic acids is 3. The fraction of sp³-hybridized carbons (Fsp3) is 0.261. The molecule has 2 aromatic rings. The Morgan fingerprint density at radius 3 is 2.59 bits per heavy atom. The zero-order valence-corrected chi connectivity index (χ0v) is 16.9. The lowest BCUT2D eigenvalue weighted by atomic mass is 10.1. The Morgan fingerprint density at radius 2 is 1.86 bits per heavy atom. The van der Waals surface area contributed by atoms with Crippen LogP contribution in [0.2, 0.25) is 0 Å². The Morgan fingerprint density at radius 1 is 1.14 bits per heavy atom. The Hall–Kier alpha value is -2.86. The molecule has 2 fully saturated rings. The number of nitrogens with one attached hydrogen (secondary N) is 1. The fourth-order valence-electron chi connectivity index (χ4n) is 3.48. The van der Waals surface area contributed by atoms with Crippen LogP contribution in [0.25, 0.3) is 6.08 Å². The number of hydrogen-bond donors (Lipinski definition) is 1. The Balaban J connectivity index is 1.29. The molecule has 2 unspecified atom stereocenters. The predicted octanol–water partition coefficient (Wildman–Crippen LogP) is 3.95. The number of thioether (sulfide) groups is 1. The number of benzene rings is 2. The Labute approximate surface area is 174 Å². The third-order valence-corrected chi connectivity index (χ3v) is 6.15. The van der Waals surface area contributed by atoms with Gasteiger partial charge >= 0.3 is 0 Å². The second kappa shape index (κ2) is 8.25. The quantitative estimate of drug-likeness (QED) is 0.738. The Kier molecular flexibility index (Phi) is 5.53. The maximum atomic E-state index is 12.5. The van der Waals surface area contributed by atoms with Crippen LogP contribution in [0, 0.1) is 12.8 Å². The van der Waals surface area contributed by atoms with Gasteiger partial charge in [-0.15, -0.1) is 0 Å². The van der Waals surface area contributed by atoms with Crippen molar-refractivity contribution in [2.24, 2.45) is 5.92 Å². The maximum absolute atomic E-state index is 12.5. The summed E-state index contributed by atoms with van der Waals surface area (Å²) < 4.78 is 0. The van der Waals surface area contributed by atoms with Crippen LogP contribution in [0.4, 0.5) is 4.79 Å². The number of carbonyl (C=O) groups is 3. The van der Waals surface area contributed by atoms with Gasteiger partial charge in [-0.1, -0.05) is 60.2 Å². The van der Waals surface area contributed by atoms with E-state index in [1.54, 1.807) is 6.08 Å². The number of rotatable bonds is 6. The molecule has 0 aromatic heterocycles. The standard InChI is InChI=1S/C23H22N2O3S/c1-15-7-9-16(10-8-15)13-20-22(27)25(23(28)29-20)12-11-24-21(26)19-14-18(19)17-5-3-2-4-6-17/h2-10,13,18-19H,11-12,14H2,1H3,(H,24,26)/b20-13-. The van der Waals surface area contributed by atoms with E-state index in [9.17, 15) is 14.4 Å². The molecule has 1 aliphatic carbocycles. The van der Waals surface area contributed by atoms with Crippen LogP contribution in [-0.4, -0.2) is 35.0 Å². The van der Waals surface area contributed by atoms with Crippen LogP contribution < -0.4 is 5.32 Å². The number of imide groups is 1. The van der Waals surface area contributed by atoms with Gasteiger partial charge in [0.2, 0.25) is 5.91 Å². The molecule has 0 bridgehead atoms. The van der Waals surface area contributed by atoms with Crippen LogP contribution in [0.5, 0.6) is 0 Å². The van der Waals surface area contributed by atoms with Gasteiger partial charge in [-0.3, -0.25) is 19.3 Å². The van der Waals surface area contributed by atoms with Crippen molar-refractivity contribution in [3.05, 3.63) is 76.2 Å². The predicted molar refractivity (Wildman–Crippen MR) is 114 cm³/mol. The van der Waals surface area contributed by atoms with Crippen molar-refractivity contribution in [3.63, 3.8) is 0 Å². The van der Waals surface area contributed by atoms with Crippen LogP contribution in [0.15, 0.2) is 59.5 Å². The van der Waals surface area contributed by atoms with Gasteiger partial charge in [0.1, 0.15) is 0 Å². The smallest absolute Gasteiger partial charge is 0.293 e. The van der Waals surface area contributed by atoms with Gasteiger partial charge in [0.05, 0.1) is 4.91 Å². The van der Waals surface area contributed by atoms with Gasteiger partial charge in [0, 0.05) is 19.0 Å². The highest BCUT2D eigenvalue weighted by Crippen LogP contribution is 2.47. The molecule has 1 N–H and O–H groups in total. The molecule has 0 radical (unpaired) electrons. The van der Waals surface area contributed by atoms with Crippen LogP contribution in [-0.2, 0) is 9.59 Å². The summed E-state index contributed by atoms with van der Waals surface area (Å²) >= 11 is 0.942. The molecule has 2 atom stereocenters. The average molecular weight is 407 g/mol. The third kappa shape index (κ3) is 4.43. The zero-order chi connectivity index (χ0) is 20.4. The first-order valence-electron chi connectivity index (χ1n) is 9.67. The minimum absolute atomic E-state index is 0.0129. The van der Waals surface area contributed by atoms with Crippen molar-refractivity contribution in [2.45, 2.75) is 19.3 Å². The first kappa shape index (κ1) is 19.5. The highest BCUT2D eigenvalue weighted by atomic mass is 32.2. The van der Waals surface area contributed by atoms with Crippen LogP contribution >= 0.6 is 11.8 Å². The van der Waals surface area contributed by atoms with E-state index < -0.39 is 0 Å². The summed E-state index contributed by atoms with van der Waals surface area (Å²) in [6, 6.07) is 17.8. The first-order valence-corrected chi connectivity index (χ1v) is 10.5. The molecule has 1 saturated heterocycles. The molecule has 1 saturated carbocycles. The van der Waals surface area contributed by atoms with Crippen molar-refractivity contribution in [3.8, 4) is 0 Å². The summed E-state index contributed by atoms with van der Waals surface area (Å²) in [5.74, 6) is -0.0657. The van der Waals surface area contributed by atoms with Crippen molar-refractivity contribution < 1.29 is 14.4 Å². The van der Waals surface area contributed by atoms with E-state index in [4.69, 9.17) is 0 Å². The molecular weight excluding hydrogens is 384 g/mol. The molecule has 29 heavy (non-hydrogen) atoms. The van der Waals surface area contributed by atoms with E-state index in [1.807, 2.05) is 61.5 Å². The number of amides is 3. The molecule has 148 valence electrons. The number of aryl methyl sites for hydroxylation is 1. The molecule has 0 spiro atoms. The lowest BCUT2D eigenvalue weighted by Gasteiger charge is -2.13. The van der Waals surface area contributed by atoms with Gasteiger partial charge in [0.25, 0.3) is 11.1 Å². The van der Waals surface area contributed by atoms with Crippen molar-refractivity contribution in [1.82, 2.24) is 10.2 Å². The number of hydrogen-bond acceptors (Lipinski definition) is 4. The molecule has 5 nitrogen and oxygen atoms in total. The summed E-state index contributed by atoms with van der Waals surface area (Å²) in [5.41, 5.74) is 3.20. The molecule has 2 aromatic carbocycles. The molecular formula is C23H22N2O3S. The monoisotopic (exact) mass is 406 g/mol. The van der Waals surface area contributed by atoms with E-state index in [0.29, 0.717) is 4.91 Å². The van der Waals surface area contributed by atoms with E-state index in [2.05, 4.69) is 5.32 Å². The van der Waals surface area contributed by atoms with Gasteiger partial charge < -0.3 is 5.32 Å². The topological polar surface area (TPSA) is 66.5 Å². The minimum Gasteiger partial charge on any atom is -0.354 e. The van der Waals surface area contributed by atoms with Gasteiger partial charge in [-0.25, -0.2) is 0 Å². The van der Waals surface area contributed by atoms with E-state index in [-0.39, 0.29) is 42.0 Å². The summed E-state index contributed by atoms with van der Waals surface area (Å²) in [4.78, 5) is 38.7. The summed E-state index contributed by atoms with van der Waals surface area (Å²) in [5, 5.41) is 2.57. The number of nitrogens with zero attached hydrogens (tertiary/aromatic N) is 1. The van der Waals surface area contributed by atoms with Crippen molar-refractivity contribution in [2.75, 3.05) is 13.1 Å². The average Bonchev–Trinajstić information content (AvgIpc) is 3.48. The molecule has 1 heterocycles. The molecule has 2 aliphatic rings. The lowest BCUT2D eigenvalue weighted by molar-refractivity contribution is -0.124. The molecule has 1 aliphatic heterocycles. The highest BCUT2D eigenvalue weighted by Gasteiger charge is 2.43. The van der Waals surface area contributed by atoms with Crippen LogP contribution in [0.1, 0.15) is 29.0 Å². The summed E-state index contributed by atoms with van der Waals surface area (Å²) in [7, 11) is 0. The summed E-state index contributed by atoms with van der Waals surface area (Å²) in [6.45, 7) is 2.45. The SMILES string of the molecule is Cc1ccc(/C=C2\SC(=O)N(CCNC(=O)C3CC3c3ccccc3)C2=O)cc1. The van der Waals surface area contributed by atoms with E-state index in [0.717, 1.165) is 29.3 Å². The second-order valence-electron chi connectivity index (χ2n) is 7.39. The lowest BCUT2D eigenvalue weighted by Crippen LogP contribution is -2.37. The van der Waals surface area contributed by atoms with Crippen LogP contribution in [0.3, 0.4) is 0 Å². The van der Waals surface area contributed by atoms with Crippen molar-refractivity contribution in [1.29, 1.82) is 0 Å². The van der Waals surface area contributed by atoms with Gasteiger partial charge in [0.15, 0.2) is 0 Å². The fourth-order valence-corrected chi connectivity index (χ4v) is 4.35. The van der Waals surface area contributed by atoms with Crippen molar-refractivity contribution >= 4 is 34.9 Å². The largest absolute Gasteiger partial charge is 0.354 e. The normalized spacial score (nSPS) is 22.2. The van der Waals surface area contributed by atoms with Gasteiger partial charge in [-0.05, 0) is 48.2 Å². The molecule has 4 rings (SSSR count). The van der Waals surface area contributed by atoms with Gasteiger partial charge in [-0.2, -0.15) is 0 Å². The maximum Gasteiger partial charge on any atom is 0.293 e. The molecule has 6 heteroatoms. The first-order chi connectivity index (χ1) is 14.0. The minimum atomic E-state index is -0.302. The third-order valence-electron chi connectivity index (χ3n) is 5.24. The van der Waals surface area contributed by atoms with E-state index in [1.165, 1.54) is 10.5 Å². The summed E-state index contributed by atoms with van der Waals surface area (Å²) in [6.07, 6.45) is 2.58.